The van der Waals surface area contributed by atoms with Crippen molar-refractivity contribution < 1.29 is 14.0 Å². The van der Waals surface area contributed by atoms with Gasteiger partial charge in [0.15, 0.2) is 0 Å². The first kappa shape index (κ1) is 15.2. The molecule has 0 spiro atoms. The van der Waals surface area contributed by atoms with Gasteiger partial charge in [0.2, 0.25) is 0 Å². The lowest BCUT2D eigenvalue weighted by Crippen LogP contribution is -2.33. The maximum atomic E-state index is 13.1. The molecule has 4 nitrogen and oxygen atoms in total. The Morgan fingerprint density at radius 2 is 1.71 bits per heavy atom. The molecule has 0 N–H and O–H groups in total. The predicted molar refractivity (Wildman–Crippen MR) is 91.3 cm³/mol. The molecule has 122 valence electrons. The molecule has 2 aromatic rings. The molecule has 4 rings (SSSR count). The van der Waals surface area contributed by atoms with Crippen LogP contribution in [0.25, 0.3) is 0 Å². The first-order valence-electron chi connectivity index (χ1n) is 7.66. The van der Waals surface area contributed by atoms with Gasteiger partial charge in [-0.15, -0.1) is 11.8 Å². The lowest BCUT2D eigenvalue weighted by Gasteiger charge is -2.23. The van der Waals surface area contributed by atoms with Crippen molar-refractivity contribution in [3.8, 4) is 0 Å². The van der Waals surface area contributed by atoms with Gasteiger partial charge < -0.3 is 0 Å². The van der Waals surface area contributed by atoms with Crippen molar-refractivity contribution in [1.82, 2.24) is 4.90 Å². The van der Waals surface area contributed by atoms with Crippen molar-refractivity contribution >= 4 is 29.4 Å². The number of rotatable bonds is 2. The number of aryl methyl sites for hydroxylation is 1. The minimum atomic E-state index is -0.459. The van der Waals surface area contributed by atoms with Crippen molar-refractivity contribution in [3.05, 3.63) is 65.5 Å². The van der Waals surface area contributed by atoms with Crippen molar-refractivity contribution in [2.45, 2.75) is 18.3 Å². The van der Waals surface area contributed by atoms with Crippen molar-refractivity contribution in [2.75, 3.05) is 10.7 Å². The molecular weight excluding hydrogens is 327 g/mol. The molecule has 24 heavy (non-hydrogen) atoms. The second kappa shape index (κ2) is 5.63. The van der Waals surface area contributed by atoms with E-state index in [1.54, 1.807) is 29.2 Å². The number of amides is 3. The lowest BCUT2D eigenvalue weighted by molar-refractivity contribution is -0.119. The summed E-state index contributed by atoms with van der Waals surface area (Å²) in [5.41, 5.74) is 2.49. The van der Waals surface area contributed by atoms with Gasteiger partial charge in [-0.25, -0.2) is 14.1 Å². The highest BCUT2D eigenvalue weighted by atomic mass is 32.2. The number of hydrogen-bond donors (Lipinski definition) is 0. The second-order valence-corrected chi connectivity index (χ2v) is 7.07. The maximum Gasteiger partial charge on any atom is 0.333 e. The average molecular weight is 342 g/mol. The number of benzene rings is 2. The van der Waals surface area contributed by atoms with Crippen LogP contribution in [0.5, 0.6) is 0 Å². The zero-order valence-corrected chi connectivity index (χ0v) is 13.8. The fraction of sp³-hybridized carbons (Fsp3) is 0.222. The van der Waals surface area contributed by atoms with Gasteiger partial charge in [0, 0.05) is 5.75 Å². The van der Waals surface area contributed by atoms with Crippen molar-refractivity contribution in [3.63, 3.8) is 0 Å². The lowest BCUT2D eigenvalue weighted by atomic mass is 10.2. The van der Waals surface area contributed by atoms with Gasteiger partial charge in [-0.05, 0) is 36.8 Å². The largest absolute Gasteiger partial charge is 0.333 e. The Morgan fingerprint density at radius 3 is 2.38 bits per heavy atom. The summed E-state index contributed by atoms with van der Waals surface area (Å²) in [4.78, 5) is 28.4. The van der Waals surface area contributed by atoms with E-state index in [9.17, 15) is 14.0 Å². The van der Waals surface area contributed by atoms with Crippen LogP contribution in [0.2, 0.25) is 0 Å². The molecule has 0 bridgehead atoms. The number of nitrogens with zero attached hydrogens (tertiary/aromatic N) is 2. The maximum absolute atomic E-state index is 13.1. The molecule has 2 aliphatic heterocycles. The Labute approximate surface area is 143 Å². The molecule has 2 saturated heterocycles. The zero-order chi connectivity index (χ0) is 16.8. The minimum Gasteiger partial charge on any atom is -0.295 e. The fourth-order valence-corrected chi connectivity index (χ4v) is 4.52. The summed E-state index contributed by atoms with van der Waals surface area (Å²) in [6.07, 6.45) is 0. The SMILES string of the molecule is Cc1ccc(N2C(=O)[C@@H]3CS[C@H](c4ccc(F)cc4)N3C2=O)cc1. The molecule has 2 fully saturated rings. The third-order valence-electron chi connectivity index (χ3n) is 4.37. The quantitative estimate of drug-likeness (QED) is 0.781. The van der Waals surface area contributed by atoms with E-state index >= 15 is 0 Å². The Morgan fingerprint density at radius 1 is 1.04 bits per heavy atom. The van der Waals surface area contributed by atoms with E-state index < -0.39 is 6.04 Å². The summed E-state index contributed by atoms with van der Waals surface area (Å²) in [7, 11) is 0. The number of anilines is 1. The number of halogens is 1. The van der Waals surface area contributed by atoms with E-state index in [4.69, 9.17) is 0 Å². The molecule has 2 heterocycles. The summed E-state index contributed by atoms with van der Waals surface area (Å²) in [5, 5.41) is -0.262. The topological polar surface area (TPSA) is 40.6 Å². The number of carbonyl (C=O) groups excluding carboxylic acids is 2. The number of imide groups is 1. The van der Waals surface area contributed by atoms with Crippen LogP contribution in [0.3, 0.4) is 0 Å². The van der Waals surface area contributed by atoms with Crippen LogP contribution in [0.1, 0.15) is 16.5 Å². The van der Waals surface area contributed by atoms with E-state index in [-0.39, 0.29) is 23.1 Å². The van der Waals surface area contributed by atoms with Crippen LogP contribution in [0, 0.1) is 12.7 Å². The van der Waals surface area contributed by atoms with Crippen LogP contribution in [0.15, 0.2) is 48.5 Å². The van der Waals surface area contributed by atoms with Crippen molar-refractivity contribution in [2.24, 2.45) is 0 Å². The monoisotopic (exact) mass is 342 g/mol. The molecule has 6 heteroatoms. The standard InChI is InChI=1S/C18H15FN2O2S/c1-11-2-8-14(9-3-11)20-16(22)15-10-24-17(21(15)18(20)23)12-4-6-13(19)7-5-12/h2-9,15,17H,10H2,1H3/t15-,17+/m0/s1. The molecule has 0 aliphatic carbocycles. The van der Waals surface area contributed by atoms with Gasteiger partial charge in [0.05, 0.1) is 5.69 Å². The summed E-state index contributed by atoms with van der Waals surface area (Å²) in [6, 6.07) is 12.7. The Hall–Kier alpha value is -2.34. The second-order valence-electron chi connectivity index (χ2n) is 5.95. The first-order chi connectivity index (χ1) is 11.6. The van der Waals surface area contributed by atoms with Crippen LogP contribution in [0.4, 0.5) is 14.9 Å². The molecule has 0 unspecified atom stereocenters. The Balaban J connectivity index is 1.67. The van der Waals surface area contributed by atoms with Crippen LogP contribution in [-0.2, 0) is 4.79 Å². The molecule has 0 radical (unpaired) electrons. The highest BCUT2D eigenvalue weighted by molar-refractivity contribution is 7.99. The number of urea groups is 1. The van der Waals surface area contributed by atoms with Crippen LogP contribution < -0.4 is 4.90 Å². The molecule has 2 aliphatic rings. The highest BCUT2D eigenvalue weighted by Gasteiger charge is 2.53. The van der Waals surface area contributed by atoms with E-state index in [0.717, 1.165) is 11.1 Å². The van der Waals surface area contributed by atoms with Gasteiger partial charge in [-0.2, -0.15) is 0 Å². The third-order valence-corrected chi connectivity index (χ3v) is 5.69. The van der Waals surface area contributed by atoms with Gasteiger partial charge in [0.1, 0.15) is 17.2 Å². The number of carbonyl (C=O) groups is 2. The van der Waals surface area contributed by atoms with E-state index in [1.165, 1.54) is 28.8 Å². The van der Waals surface area contributed by atoms with Gasteiger partial charge in [-0.1, -0.05) is 29.8 Å². The molecule has 2 atom stereocenters. The number of thioether (sulfide) groups is 1. The van der Waals surface area contributed by atoms with Crippen LogP contribution >= 0.6 is 11.8 Å². The van der Waals surface area contributed by atoms with E-state index in [1.807, 2.05) is 19.1 Å². The molecule has 0 aromatic heterocycles. The summed E-state index contributed by atoms with van der Waals surface area (Å²) >= 11 is 1.54. The third kappa shape index (κ3) is 2.29. The highest BCUT2D eigenvalue weighted by Crippen LogP contribution is 2.46. The Bertz CT molecular complexity index is 807. The Kier molecular flexibility index (Phi) is 3.57. The molecule has 0 saturated carbocycles. The summed E-state index contributed by atoms with van der Waals surface area (Å²) in [5.74, 6) is 0.0407. The van der Waals surface area contributed by atoms with Crippen molar-refractivity contribution in [1.29, 1.82) is 0 Å². The van der Waals surface area contributed by atoms with Gasteiger partial charge >= 0.3 is 6.03 Å². The first-order valence-corrected chi connectivity index (χ1v) is 8.71. The van der Waals surface area contributed by atoms with E-state index in [2.05, 4.69) is 0 Å². The smallest absolute Gasteiger partial charge is 0.295 e. The van der Waals surface area contributed by atoms with Gasteiger partial charge in [0.25, 0.3) is 5.91 Å². The van der Waals surface area contributed by atoms with Gasteiger partial charge in [-0.3, -0.25) is 9.69 Å². The average Bonchev–Trinajstić information content (AvgIpc) is 3.11. The minimum absolute atomic E-state index is 0.194. The fourth-order valence-electron chi connectivity index (χ4n) is 3.10. The normalized spacial score (nSPS) is 23.1. The number of fused-ring (bicyclic) bond motifs is 1. The molecule has 2 aromatic carbocycles. The summed E-state index contributed by atoms with van der Waals surface area (Å²) in [6.45, 7) is 1.96. The summed E-state index contributed by atoms with van der Waals surface area (Å²) < 4.78 is 13.1. The number of hydrogen-bond acceptors (Lipinski definition) is 3. The predicted octanol–water partition coefficient (Wildman–Crippen LogP) is 3.72. The van der Waals surface area contributed by atoms with E-state index in [0.29, 0.717) is 11.4 Å². The molecular formula is C18H15FN2O2S. The zero-order valence-electron chi connectivity index (χ0n) is 13.0. The molecule has 3 amide bonds. The van der Waals surface area contributed by atoms with Crippen LogP contribution in [-0.4, -0.2) is 28.6 Å².